The van der Waals surface area contributed by atoms with E-state index in [2.05, 4.69) is 27.4 Å². The Morgan fingerprint density at radius 3 is 2.47 bits per heavy atom. The normalized spacial score (nSPS) is 16.2. The molecule has 1 saturated heterocycles. The van der Waals surface area contributed by atoms with Gasteiger partial charge in [0.1, 0.15) is 0 Å². The number of hydrogen-bond acceptors (Lipinski definition) is 2. The van der Waals surface area contributed by atoms with Crippen molar-refractivity contribution in [2.75, 3.05) is 26.2 Å². The molecule has 0 aromatic heterocycles. The lowest BCUT2D eigenvalue weighted by Gasteiger charge is -2.20. The van der Waals surface area contributed by atoms with E-state index in [-0.39, 0.29) is 11.6 Å². The van der Waals surface area contributed by atoms with Gasteiger partial charge in [0.25, 0.3) is 0 Å². The van der Waals surface area contributed by atoms with Crippen LogP contribution in [0.15, 0.2) is 0 Å². The van der Waals surface area contributed by atoms with Crippen molar-refractivity contribution < 1.29 is 4.79 Å². The fourth-order valence-electron chi connectivity index (χ4n) is 1.68. The topological polar surface area (TPSA) is 44.4 Å². The van der Waals surface area contributed by atoms with E-state index >= 15 is 0 Å². The molecule has 96 valence electrons. The molecule has 1 aliphatic heterocycles. The molecule has 1 aliphatic rings. The van der Waals surface area contributed by atoms with E-state index in [9.17, 15) is 4.79 Å². The second-order valence-electron chi connectivity index (χ2n) is 5.39. The summed E-state index contributed by atoms with van der Waals surface area (Å²) in [4.78, 5) is 13.7. The first kappa shape index (κ1) is 13.9. The van der Waals surface area contributed by atoms with Crippen LogP contribution in [0.25, 0.3) is 0 Å². The molecule has 0 bridgehead atoms. The van der Waals surface area contributed by atoms with Crippen LogP contribution in [0, 0.1) is 11.8 Å². The highest BCUT2D eigenvalue weighted by Crippen LogP contribution is 2.05. The average molecular weight is 237 g/mol. The minimum atomic E-state index is -0.201. The fraction of sp³-hybridized carbons (Fsp3) is 0.769. The van der Waals surface area contributed by atoms with Crippen molar-refractivity contribution in [2.24, 2.45) is 0 Å². The fourth-order valence-corrected chi connectivity index (χ4v) is 1.68. The molecule has 0 radical (unpaired) electrons. The molecule has 4 nitrogen and oxygen atoms in total. The molecule has 0 atom stereocenters. The van der Waals surface area contributed by atoms with Crippen LogP contribution in [0.4, 0.5) is 4.79 Å². The summed E-state index contributed by atoms with van der Waals surface area (Å²) >= 11 is 0. The molecule has 2 N–H and O–H groups in total. The first-order valence-corrected chi connectivity index (χ1v) is 6.21. The van der Waals surface area contributed by atoms with Gasteiger partial charge < -0.3 is 10.6 Å². The van der Waals surface area contributed by atoms with Gasteiger partial charge in [0, 0.05) is 5.54 Å². The first-order valence-electron chi connectivity index (χ1n) is 6.21. The number of nitrogens with zero attached hydrogens (tertiary/aromatic N) is 1. The van der Waals surface area contributed by atoms with Gasteiger partial charge in [-0.15, -0.1) is 0 Å². The van der Waals surface area contributed by atoms with E-state index in [0.717, 1.165) is 19.6 Å². The quantitative estimate of drug-likeness (QED) is 0.708. The zero-order valence-corrected chi connectivity index (χ0v) is 11.1. The Morgan fingerprint density at radius 2 is 1.88 bits per heavy atom. The van der Waals surface area contributed by atoms with Gasteiger partial charge in [0.05, 0.1) is 13.1 Å². The maximum atomic E-state index is 11.4. The summed E-state index contributed by atoms with van der Waals surface area (Å²) in [6.45, 7) is 9.40. The molecule has 0 aromatic carbocycles. The zero-order chi connectivity index (χ0) is 12.7. The Kier molecular flexibility index (Phi) is 5.30. The van der Waals surface area contributed by atoms with E-state index < -0.39 is 0 Å². The van der Waals surface area contributed by atoms with E-state index in [0.29, 0.717) is 6.54 Å². The van der Waals surface area contributed by atoms with Gasteiger partial charge in [-0.1, -0.05) is 11.8 Å². The second-order valence-corrected chi connectivity index (χ2v) is 5.39. The van der Waals surface area contributed by atoms with Gasteiger partial charge in [-0.3, -0.25) is 4.90 Å². The summed E-state index contributed by atoms with van der Waals surface area (Å²) < 4.78 is 0. The highest BCUT2D eigenvalue weighted by Gasteiger charge is 2.12. The minimum absolute atomic E-state index is 0.159. The van der Waals surface area contributed by atoms with Gasteiger partial charge in [-0.2, -0.15) is 0 Å². The van der Waals surface area contributed by atoms with Crippen molar-refractivity contribution in [3.05, 3.63) is 0 Å². The molecule has 17 heavy (non-hydrogen) atoms. The molecule has 0 aromatic rings. The summed E-state index contributed by atoms with van der Waals surface area (Å²) in [5.74, 6) is 6.04. The van der Waals surface area contributed by atoms with Gasteiger partial charge >= 0.3 is 6.03 Å². The summed E-state index contributed by atoms with van der Waals surface area (Å²) in [7, 11) is 0. The summed E-state index contributed by atoms with van der Waals surface area (Å²) in [5, 5.41) is 5.55. The number of urea groups is 1. The van der Waals surface area contributed by atoms with Crippen LogP contribution in [-0.2, 0) is 0 Å². The van der Waals surface area contributed by atoms with Crippen molar-refractivity contribution in [1.82, 2.24) is 15.5 Å². The predicted molar refractivity (Wildman–Crippen MR) is 69.7 cm³/mol. The van der Waals surface area contributed by atoms with E-state index in [1.54, 1.807) is 0 Å². The van der Waals surface area contributed by atoms with E-state index in [1.807, 2.05) is 20.8 Å². The molecular weight excluding hydrogens is 214 g/mol. The third-order valence-corrected chi connectivity index (χ3v) is 2.45. The highest BCUT2D eigenvalue weighted by molar-refractivity contribution is 5.74. The molecule has 1 rings (SSSR count). The first-order chi connectivity index (χ1) is 7.97. The van der Waals surface area contributed by atoms with Crippen LogP contribution in [0.3, 0.4) is 0 Å². The molecule has 2 amide bonds. The molecule has 4 heteroatoms. The Hall–Kier alpha value is -1.21. The van der Waals surface area contributed by atoms with Crippen molar-refractivity contribution in [3.8, 4) is 11.8 Å². The smallest absolute Gasteiger partial charge is 0.315 e. The lowest BCUT2D eigenvalue weighted by Crippen LogP contribution is -2.46. The number of carbonyl (C=O) groups is 1. The molecule has 0 saturated carbocycles. The molecular formula is C13H23N3O. The number of rotatable bonds is 2. The third-order valence-electron chi connectivity index (χ3n) is 2.45. The second kappa shape index (κ2) is 6.51. The average Bonchev–Trinajstić information content (AvgIpc) is 2.67. The van der Waals surface area contributed by atoms with Crippen molar-refractivity contribution in [3.63, 3.8) is 0 Å². The van der Waals surface area contributed by atoms with Gasteiger partial charge in [-0.25, -0.2) is 4.79 Å². The Bertz CT molecular complexity index is 303. The van der Waals surface area contributed by atoms with E-state index in [1.165, 1.54) is 12.8 Å². The lowest BCUT2D eigenvalue weighted by atomic mass is 10.1. The third kappa shape index (κ3) is 6.85. The molecule has 0 aliphatic carbocycles. The Balaban J connectivity index is 2.10. The Labute approximate surface area is 104 Å². The summed E-state index contributed by atoms with van der Waals surface area (Å²) in [6.07, 6.45) is 2.57. The largest absolute Gasteiger partial charge is 0.334 e. The lowest BCUT2D eigenvalue weighted by molar-refractivity contribution is 0.233. The van der Waals surface area contributed by atoms with Crippen molar-refractivity contribution >= 4 is 6.03 Å². The number of likely N-dealkylation sites (tertiary alicyclic amines) is 1. The summed E-state index contributed by atoms with van der Waals surface area (Å²) in [6, 6.07) is -0.159. The SMILES string of the molecule is CC(C)(C)NC(=O)NCC#CCN1CCCC1. The van der Waals surface area contributed by atoms with Crippen LogP contribution < -0.4 is 10.6 Å². The van der Waals surface area contributed by atoms with Gasteiger partial charge in [0.15, 0.2) is 0 Å². The Morgan fingerprint density at radius 1 is 1.24 bits per heavy atom. The van der Waals surface area contributed by atoms with Crippen LogP contribution in [0.2, 0.25) is 0 Å². The molecule has 1 heterocycles. The monoisotopic (exact) mass is 237 g/mol. The minimum Gasteiger partial charge on any atom is -0.334 e. The standard InChI is InChI=1S/C13H23N3O/c1-13(2,3)15-12(17)14-8-4-5-9-16-10-6-7-11-16/h6-11H2,1-3H3,(H2,14,15,17). The maximum absolute atomic E-state index is 11.4. The summed E-state index contributed by atoms with van der Waals surface area (Å²) in [5.41, 5.74) is -0.201. The maximum Gasteiger partial charge on any atom is 0.315 e. The number of amides is 2. The zero-order valence-electron chi connectivity index (χ0n) is 11.1. The highest BCUT2D eigenvalue weighted by atomic mass is 16.2. The van der Waals surface area contributed by atoms with E-state index in [4.69, 9.17) is 0 Å². The van der Waals surface area contributed by atoms with Crippen LogP contribution >= 0.6 is 0 Å². The number of hydrogen-bond donors (Lipinski definition) is 2. The molecule has 0 unspecified atom stereocenters. The van der Waals surface area contributed by atoms with Crippen LogP contribution in [0.1, 0.15) is 33.6 Å². The molecule has 1 fully saturated rings. The van der Waals surface area contributed by atoms with Crippen molar-refractivity contribution in [1.29, 1.82) is 0 Å². The number of nitrogens with one attached hydrogen (secondary N) is 2. The number of carbonyl (C=O) groups excluding carboxylic acids is 1. The van der Waals surface area contributed by atoms with Crippen molar-refractivity contribution in [2.45, 2.75) is 39.2 Å². The van der Waals surface area contributed by atoms with Gasteiger partial charge in [-0.05, 0) is 46.7 Å². The molecule has 0 spiro atoms. The van der Waals surface area contributed by atoms with Crippen LogP contribution in [-0.4, -0.2) is 42.6 Å². The van der Waals surface area contributed by atoms with Crippen LogP contribution in [0.5, 0.6) is 0 Å². The predicted octanol–water partition coefficient (Wildman–Crippen LogP) is 1.18. The van der Waals surface area contributed by atoms with Gasteiger partial charge in [0.2, 0.25) is 0 Å².